The summed E-state index contributed by atoms with van der Waals surface area (Å²) >= 11 is 5.68. The first-order chi connectivity index (χ1) is 7.63. The summed E-state index contributed by atoms with van der Waals surface area (Å²) in [7, 11) is 1.29. The van der Waals surface area contributed by atoms with Gasteiger partial charge in [0.05, 0.1) is 12.7 Å². The second-order valence-electron chi connectivity index (χ2n) is 3.28. The molecule has 0 heterocycles. The Morgan fingerprint density at radius 1 is 1.31 bits per heavy atom. The molecule has 0 radical (unpaired) electrons. The molecule has 0 fully saturated rings. The third kappa shape index (κ3) is 2.61. The van der Waals surface area contributed by atoms with Crippen LogP contribution in [0.2, 0.25) is 0 Å². The number of alkyl halides is 1. The number of esters is 1. The molecule has 3 nitrogen and oxygen atoms in total. The second-order valence-corrected chi connectivity index (χ2v) is 3.55. The highest BCUT2D eigenvalue weighted by molar-refractivity contribution is 6.17. The van der Waals surface area contributed by atoms with E-state index in [4.69, 9.17) is 11.6 Å². The van der Waals surface area contributed by atoms with Crippen molar-refractivity contribution in [3.63, 3.8) is 0 Å². The predicted molar refractivity (Wildman–Crippen MR) is 62.0 cm³/mol. The van der Waals surface area contributed by atoms with Crippen LogP contribution in [0.3, 0.4) is 0 Å². The van der Waals surface area contributed by atoms with Gasteiger partial charge in [-0.15, -0.1) is 11.6 Å². The molecule has 0 N–H and O–H groups in total. The molecule has 1 aromatic rings. The highest BCUT2D eigenvalue weighted by Gasteiger charge is 2.16. The standard InChI is InChI=1S/C12H13ClO3/c1-3-11(14)9-5-4-8(7-13)6-10(9)12(15)16-2/h4-6H,3,7H2,1-2H3. The first-order valence-electron chi connectivity index (χ1n) is 4.94. The van der Waals surface area contributed by atoms with Gasteiger partial charge < -0.3 is 4.74 Å². The molecule has 0 spiro atoms. The Balaban J connectivity index is 3.26. The first-order valence-corrected chi connectivity index (χ1v) is 5.47. The summed E-state index contributed by atoms with van der Waals surface area (Å²) in [5.74, 6) is -0.296. The minimum Gasteiger partial charge on any atom is -0.465 e. The second kappa shape index (κ2) is 5.66. The van der Waals surface area contributed by atoms with Gasteiger partial charge in [-0.05, 0) is 11.6 Å². The fourth-order valence-electron chi connectivity index (χ4n) is 1.39. The number of benzene rings is 1. The van der Waals surface area contributed by atoms with Gasteiger partial charge in [-0.25, -0.2) is 4.79 Å². The van der Waals surface area contributed by atoms with E-state index < -0.39 is 5.97 Å². The Labute approximate surface area is 99.4 Å². The van der Waals surface area contributed by atoms with Crippen molar-refractivity contribution in [2.75, 3.05) is 7.11 Å². The molecule has 0 amide bonds. The normalized spacial score (nSPS) is 9.94. The van der Waals surface area contributed by atoms with Crippen molar-refractivity contribution in [2.45, 2.75) is 19.2 Å². The summed E-state index contributed by atoms with van der Waals surface area (Å²) in [6, 6.07) is 4.96. The Bertz CT molecular complexity index is 413. The van der Waals surface area contributed by atoms with E-state index in [1.165, 1.54) is 7.11 Å². The van der Waals surface area contributed by atoms with Crippen molar-refractivity contribution in [1.29, 1.82) is 0 Å². The van der Waals surface area contributed by atoms with Crippen LogP contribution < -0.4 is 0 Å². The summed E-state index contributed by atoms with van der Waals surface area (Å²) < 4.78 is 4.64. The largest absolute Gasteiger partial charge is 0.465 e. The van der Waals surface area contributed by atoms with E-state index in [2.05, 4.69) is 4.74 Å². The summed E-state index contributed by atoms with van der Waals surface area (Å²) in [4.78, 5) is 23.1. The molecule has 86 valence electrons. The Morgan fingerprint density at radius 2 is 2.00 bits per heavy atom. The molecule has 0 atom stereocenters. The van der Waals surface area contributed by atoms with Gasteiger partial charge in [0.2, 0.25) is 0 Å². The quantitative estimate of drug-likeness (QED) is 0.462. The van der Waals surface area contributed by atoms with Gasteiger partial charge in [0.15, 0.2) is 5.78 Å². The highest BCUT2D eigenvalue weighted by atomic mass is 35.5. The molecule has 0 unspecified atom stereocenters. The van der Waals surface area contributed by atoms with Crippen LogP contribution in [-0.4, -0.2) is 18.9 Å². The van der Waals surface area contributed by atoms with Crippen LogP contribution >= 0.6 is 11.6 Å². The van der Waals surface area contributed by atoms with Crippen LogP contribution in [0.15, 0.2) is 18.2 Å². The van der Waals surface area contributed by atoms with Gasteiger partial charge in [0.1, 0.15) is 0 Å². The summed E-state index contributed by atoms with van der Waals surface area (Å²) in [6.45, 7) is 1.75. The molecular weight excluding hydrogens is 228 g/mol. The predicted octanol–water partition coefficient (Wildman–Crippen LogP) is 2.80. The van der Waals surface area contributed by atoms with E-state index in [9.17, 15) is 9.59 Å². The molecule has 0 aliphatic rings. The highest BCUT2D eigenvalue weighted by Crippen LogP contribution is 2.16. The lowest BCUT2D eigenvalue weighted by atomic mass is 10.00. The van der Waals surface area contributed by atoms with E-state index in [0.717, 1.165) is 5.56 Å². The molecule has 1 rings (SSSR count). The SMILES string of the molecule is CCC(=O)c1ccc(CCl)cc1C(=O)OC. The molecule has 0 saturated carbocycles. The average Bonchev–Trinajstić information content (AvgIpc) is 2.36. The van der Waals surface area contributed by atoms with E-state index in [1.54, 1.807) is 25.1 Å². The van der Waals surface area contributed by atoms with Crippen LogP contribution in [0, 0.1) is 0 Å². The minimum absolute atomic E-state index is 0.0819. The number of hydrogen-bond acceptors (Lipinski definition) is 3. The van der Waals surface area contributed by atoms with Crippen molar-refractivity contribution in [2.24, 2.45) is 0 Å². The fraction of sp³-hybridized carbons (Fsp3) is 0.333. The van der Waals surface area contributed by atoms with Gasteiger partial charge in [-0.2, -0.15) is 0 Å². The van der Waals surface area contributed by atoms with Crippen molar-refractivity contribution in [1.82, 2.24) is 0 Å². The smallest absolute Gasteiger partial charge is 0.338 e. The molecule has 0 bridgehead atoms. The minimum atomic E-state index is -0.510. The lowest BCUT2D eigenvalue weighted by Crippen LogP contribution is -2.10. The number of carbonyl (C=O) groups excluding carboxylic acids is 2. The first kappa shape index (κ1) is 12.7. The van der Waals surface area contributed by atoms with Crippen LogP contribution in [0.1, 0.15) is 39.6 Å². The molecule has 16 heavy (non-hydrogen) atoms. The molecule has 0 saturated heterocycles. The van der Waals surface area contributed by atoms with Crippen LogP contribution in [-0.2, 0) is 10.6 Å². The van der Waals surface area contributed by atoms with Crippen molar-refractivity contribution in [3.8, 4) is 0 Å². The van der Waals surface area contributed by atoms with Crippen molar-refractivity contribution in [3.05, 3.63) is 34.9 Å². The zero-order valence-corrected chi connectivity index (χ0v) is 10.0. The van der Waals surface area contributed by atoms with Gasteiger partial charge in [-0.1, -0.05) is 19.1 Å². The zero-order valence-electron chi connectivity index (χ0n) is 9.25. The topological polar surface area (TPSA) is 43.4 Å². The summed E-state index contributed by atoms with van der Waals surface area (Å²) in [5.41, 5.74) is 1.46. The monoisotopic (exact) mass is 240 g/mol. The lowest BCUT2D eigenvalue weighted by molar-refractivity contribution is 0.0597. The molecular formula is C12H13ClO3. The van der Waals surface area contributed by atoms with Crippen LogP contribution in [0.4, 0.5) is 0 Å². The number of ketones is 1. The van der Waals surface area contributed by atoms with Crippen molar-refractivity contribution >= 4 is 23.4 Å². The summed E-state index contributed by atoms with van der Waals surface area (Å²) in [6.07, 6.45) is 0.351. The van der Waals surface area contributed by atoms with E-state index >= 15 is 0 Å². The molecule has 1 aromatic carbocycles. The van der Waals surface area contributed by atoms with E-state index in [0.29, 0.717) is 17.9 Å². The van der Waals surface area contributed by atoms with Gasteiger partial charge in [0, 0.05) is 17.9 Å². The maximum atomic E-state index is 11.6. The van der Waals surface area contributed by atoms with Crippen LogP contribution in [0.5, 0.6) is 0 Å². The number of Topliss-reactive ketones (excluding diaryl/α,β-unsaturated/α-hetero) is 1. The van der Waals surface area contributed by atoms with Crippen molar-refractivity contribution < 1.29 is 14.3 Å². The van der Waals surface area contributed by atoms with Crippen LogP contribution in [0.25, 0.3) is 0 Å². The number of halogens is 1. The lowest BCUT2D eigenvalue weighted by Gasteiger charge is -2.07. The maximum absolute atomic E-state index is 11.6. The van der Waals surface area contributed by atoms with Gasteiger partial charge in [0.25, 0.3) is 0 Å². The molecule has 0 aliphatic carbocycles. The van der Waals surface area contributed by atoms with E-state index in [1.807, 2.05) is 0 Å². The van der Waals surface area contributed by atoms with Gasteiger partial charge >= 0.3 is 5.97 Å². The number of carbonyl (C=O) groups is 2. The summed E-state index contributed by atoms with van der Waals surface area (Å²) in [5, 5.41) is 0. The Hall–Kier alpha value is -1.35. The third-order valence-electron chi connectivity index (χ3n) is 2.27. The fourth-order valence-corrected chi connectivity index (χ4v) is 1.55. The molecule has 0 aliphatic heterocycles. The average molecular weight is 241 g/mol. The number of rotatable bonds is 4. The number of methoxy groups -OCH3 is 1. The maximum Gasteiger partial charge on any atom is 0.338 e. The van der Waals surface area contributed by atoms with E-state index in [-0.39, 0.29) is 11.3 Å². The number of ether oxygens (including phenoxy) is 1. The van der Waals surface area contributed by atoms with Gasteiger partial charge in [-0.3, -0.25) is 4.79 Å². The molecule has 0 aromatic heterocycles. The Morgan fingerprint density at radius 3 is 2.50 bits per heavy atom. The zero-order chi connectivity index (χ0) is 12.1. The number of hydrogen-bond donors (Lipinski definition) is 0. The third-order valence-corrected chi connectivity index (χ3v) is 2.57. The molecule has 4 heteroatoms. The Kier molecular flexibility index (Phi) is 4.50.